The molecule has 1 aliphatic heterocycles. The van der Waals surface area contributed by atoms with Crippen LogP contribution in [0.1, 0.15) is 10.6 Å². The number of amides is 1. The van der Waals surface area contributed by atoms with Crippen LogP contribution in [-0.2, 0) is 29.1 Å². The molecule has 1 amide bonds. The fourth-order valence-electron chi connectivity index (χ4n) is 2.54. The highest BCUT2D eigenvalue weighted by Gasteiger charge is 2.18. The predicted molar refractivity (Wildman–Crippen MR) is 84.6 cm³/mol. The number of fused-ring (bicyclic) bond motifs is 2. The van der Waals surface area contributed by atoms with Gasteiger partial charge >= 0.3 is 5.76 Å². The molecule has 0 unspecified atom stereocenters. The lowest BCUT2D eigenvalue weighted by molar-refractivity contribution is -0.116. The van der Waals surface area contributed by atoms with E-state index < -0.39 is 5.76 Å². The van der Waals surface area contributed by atoms with Crippen molar-refractivity contribution in [1.82, 2.24) is 9.55 Å². The first kappa shape index (κ1) is 14.2. The fraction of sp³-hybridized carbons (Fsp3) is 0.267. The van der Waals surface area contributed by atoms with Gasteiger partial charge in [-0.3, -0.25) is 9.36 Å². The fourth-order valence-corrected chi connectivity index (χ4v) is 3.51. The molecule has 4 rings (SSSR count). The highest BCUT2D eigenvalue weighted by Crippen LogP contribution is 2.27. The van der Waals surface area contributed by atoms with Crippen molar-refractivity contribution in [3.8, 4) is 0 Å². The van der Waals surface area contributed by atoms with Crippen LogP contribution in [0.5, 0.6) is 0 Å². The van der Waals surface area contributed by atoms with Crippen LogP contribution in [0, 0.1) is 0 Å². The topological polar surface area (TPSA) is 86.4 Å². The molecule has 3 heterocycles. The van der Waals surface area contributed by atoms with Gasteiger partial charge in [0.25, 0.3) is 0 Å². The van der Waals surface area contributed by atoms with Gasteiger partial charge < -0.3 is 14.5 Å². The van der Waals surface area contributed by atoms with Crippen LogP contribution in [0.4, 0.5) is 5.13 Å². The zero-order chi connectivity index (χ0) is 15.8. The summed E-state index contributed by atoms with van der Waals surface area (Å²) >= 11 is 1.41. The van der Waals surface area contributed by atoms with E-state index in [1.807, 2.05) is 0 Å². The third-order valence-corrected chi connectivity index (χ3v) is 4.60. The average molecular weight is 331 g/mol. The first-order valence-corrected chi connectivity index (χ1v) is 7.97. The van der Waals surface area contributed by atoms with Gasteiger partial charge in [0.05, 0.1) is 29.3 Å². The van der Waals surface area contributed by atoms with E-state index in [1.165, 1.54) is 15.9 Å². The lowest BCUT2D eigenvalue weighted by Crippen LogP contribution is -2.24. The summed E-state index contributed by atoms with van der Waals surface area (Å²) in [5.41, 5.74) is 2.04. The number of para-hydroxylation sites is 2. The first-order chi connectivity index (χ1) is 11.2. The zero-order valence-electron chi connectivity index (χ0n) is 12.1. The molecular weight excluding hydrogens is 318 g/mol. The maximum atomic E-state index is 12.2. The molecule has 0 bridgehead atoms. The highest BCUT2D eigenvalue weighted by molar-refractivity contribution is 7.15. The minimum Gasteiger partial charge on any atom is -0.408 e. The van der Waals surface area contributed by atoms with Crippen molar-refractivity contribution >= 4 is 33.5 Å². The lowest BCUT2D eigenvalue weighted by atomic mass is 10.2. The number of hydrogen-bond acceptors (Lipinski definition) is 6. The second kappa shape index (κ2) is 5.64. The van der Waals surface area contributed by atoms with Crippen molar-refractivity contribution in [3.05, 3.63) is 45.4 Å². The van der Waals surface area contributed by atoms with Crippen LogP contribution >= 0.6 is 11.3 Å². The summed E-state index contributed by atoms with van der Waals surface area (Å²) in [6, 6.07) is 7.01. The maximum absolute atomic E-state index is 12.2. The second-order valence-electron chi connectivity index (χ2n) is 5.16. The zero-order valence-corrected chi connectivity index (χ0v) is 12.9. The number of nitrogens with one attached hydrogen (secondary N) is 1. The molecular formula is C15H13N3O4S. The molecule has 8 heteroatoms. The minimum absolute atomic E-state index is 0.114. The van der Waals surface area contributed by atoms with Gasteiger partial charge in [-0.15, -0.1) is 0 Å². The SMILES string of the molecule is O=C(Cn1c(=O)oc2ccccc21)Nc1nc2c(s1)COCC2. The Labute approximate surface area is 134 Å². The summed E-state index contributed by atoms with van der Waals surface area (Å²) in [6.45, 7) is 1.08. The largest absolute Gasteiger partial charge is 0.420 e. The molecule has 7 nitrogen and oxygen atoms in total. The van der Waals surface area contributed by atoms with Crippen LogP contribution in [0.3, 0.4) is 0 Å². The number of ether oxygens (including phenoxy) is 1. The van der Waals surface area contributed by atoms with E-state index >= 15 is 0 Å². The maximum Gasteiger partial charge on any atom is 0.420 e. The predicted octanol–water partition coefficient (Wildman–Crippen LogP) is 1.76. The second-order valence-corrected chi connectivity index (χ2v) is 6.25. The van der Waals surface area contributed by atoms with Gasteiger partial charge in [-0.05, 0) is 12.1 Å². The average Bonchev–Trinajstić information content (AvgIpc) is 3.08. The number of carbonyl (C=O) groups excluding carboxylic acids is 1. The van der Waals surface area contributed by atoms with Gasteiger partial charge in [-0.1, -0.05) is 23.5 Å². The standard InChI is InChI=1S/C15H13N3O4S/c19-13(17-14-16-9-5-6-21-8-12(9)23-14)7-18-10-3-1-2-4-11(10)22-15(18)20/h1-4H,5-8H2,(H,16,17,19). The molecule has 118 valence electrons. The van der Waals surface area contributed by atoms with Crippen LogP contribution in [0.25, 0.3) is 11.1 Å². The Morgan fingerprint density at radius 2 is 2.26 bits per heavy atom. The van der Waals surface area contributed by atoms with Crippen LogP contribution < -0.4 is 11.1 Å². The number of rotatable bonds is 3. The number of hydrogen-bond donors (Lipinski definition) is 1. The molecule has 0 atom stereocenters. The molecule has 0 saturated heterocycles. The van der Waals surface area contributed by atoms with Crippen molar-refractivity contribution in [1.29, 1.82) is 0 Å². The first-order valence-electron chi connectivity index (χ1n) is 7.15. The van der Waals surface area contributed by atoms with E-state index in [2.05, 4.69) is 10.3 Å². The van der Waals surface area contributed by atoms with Gasteiger partial charge in [0, 0.05) is 6.42 Å². The van der Waals surface area contributed by atoms with Crippen LogP contribution in [-0.4, -0.2) is 22.1 Å². The van der Waals surface area contributed by atoms with Crippen LogP contribution in [0.15, 0.2) is 33.5 Å². The van der Waals surface area contributed by atoms with Crippen molar-refractivity contribution in [2.45, 2.75) is 19.6 Å². The smallest absolute Gasteiger partial charge is 0.408 e. The number of carbonyl (C=O) groups is 1. The molecule has 0 aliphatic carbocycles. The summed E-state index contributed by atoms with van der Waals surface area (Å²) in [6.07, 6.45) is 0.757. The molecule has 1 N–H and O–H groups in total. The summed E-state index contributed by atoms with van der Waals surface area (Å²) in [5.74, 6) is -0.862. The van der Waals surface area contributed by atoms with Gasteiger partial charge in [0.15, 0.2) is 10.7 Å². The monoisotopic (exact) mass is 331 g/mol. The highest BCUT2D eigenvalue weighted by atomic mass is 32.1. The summed E-state index contributed by atoms with van der Waals surface area (Å²) in [5, 5.41) is 3.27. The lowest BCUT2D eigenvalue weighted by Gasteiger charge is -2.08. The number of thiazole rings is 1. The molecule has 0 radical (unpaired) electrons. The van der Waals surface area contributed by atoms with E-state index in [9.17, 15) is 9.59 Å². The molecule has 1 aromatic carbocycles. The number of oxazole rings is 1. The van der Waals surface area contributed by atoms with E-state index in [0.717, 1.165) is 17.0 Å². The third-order valence-electron chi connectivity index (χ3n) is 3.62. The van der Waals surface area contributed by atoms with Crippen molar-refractivity contribution in [2.24, 2.45) is 0 Å². The van der Waals surface area contributed by atoms with E-state index in [1.54, 1.807) is 24.3 Å². The third kappa shape index (κ3) is 2.66. The number of anilines is 1. The molecule has 2 aromatic heterocycles. The quantitative estimate of drug-likeness (QED) is 0.790. The Morgan fingerprint density at radius 3 is 3.13 bits per heavy atom. The van der Waals surface area contributed by atoms with E-state index in [-0.39, 0.29) is 12.5 Å². The normalized spacial score (nSPS) is 13.9. The number of benzene rings is 1. The Balaban J connectivity index is 1.54. The molecule has 3 aromatic rings. The Kier molecular flexibility index (Phi) is 3.47. The Hall–Kier alpha value is -2.45. The van der Waals surface area contributed by atoms with Gasteiger partial charge in [0.2, 0.25) is 5.91 Å². The summed E-state index contributed by atoms with van der Waals surface area (Å²) in [7, 11) is 0. The van der Waals surface area contributed by atoms with Crippen molar-refractivity contribution in [3.63, 3.8) is 0 Å². The number of aromatic nitrogens is 2. The molecule has 0 saturated carbocycles. The van der Waals surface area contributed by atoms with Gasteiger partial charge in [-0.2, -0.15) is 0 Å². The van der Waals surface area contributed by atoms with Crippen LogP contribution in [0.2, 0.25) is 0 Å². The Bertz CT molecular complexity index is 916. The molecule has 23 heavy (non-hydrogen) atoms. The molecule has 0 spiro atoms. The summed E-state index contributed by atoms with van der Waals surface area (Å²) < 4.78 is 11.8. The van der Waals surface area contributed by atoms with Crippen molar-refractivity contribution in [2.75, 3.05) is 11.9 Å². The van der Waals surface area contributed by atoms with Gasteiger partial charge in [0.1, 0.15) is 6.54 Å². The minimum atomic E-state index is -0.548. The Morgan fingerprint density at radius 1 is 1.39 bits per heavy atom. The van der Waals surface area contributed by atoms with E-state index in [4.69, 9.17) is 9.15 Å². The van der Waals surface area contributed by atoms with E-state index in [0.29, 0.717) is 29.4 Å². The summed E-state index contributed by atoms with van der Waals surface area (Å²) in [4.78, 5) is 29.5. The van der Waals surface area contributed by atoms with Crippen molar-refractivity contribution < 1.29 is 13.9 Å². The van der Waals surface area contributed by atoms with Gasteiger partial charge in [-0.25, -0.2) is 9.78 Å². The molecule has 1 aliphatic rings. The molecule has 0 fully saturated rings. The number of nitrogens with zero attached hydrogens (tertiary/aromatic N) is 2.